The molecule has 134 valence electrons. The largest absolute Gasteiger partial charge is 0.507 e. The molecular weight excluding hydrogens is 383 g/mol. The molecular formula is C21H14Cl2N2O2. The fourth-order valence-electron chi connectivity index (χ4n) is 2.70. The number of halogens is 2. The summed E-state index contributed by atoms with van der Waals surface area (Å²) in [5.74, 6) is 0.622. The molecule has 0 amide bonds. The minimum absolute atomic E-state index is 0.224. The van der Waals surface area contributed by atoms with Crippen LogP contribution < -0.4 is 0 Å². The van der Waals surface area contributed by atoms with Crippen molar-refractivity contribution in [2.24, 2.45) is 4.99 Å². The molecule has 0 unspecified atom stereocenters. The Morgan fingerprint density at radius 3 is 2.78 bits per heavy atom. The van der Waals surface area contributed by atoms with Crippen LogP contribution in [0.4, 0.5) is 5.69 Å². The van der Waals surface area contributed by atoms with Gasteiger partial charge in [0, 0.05) is 16.8 Å². The second kappa shape index (κ2) is 7.06. The summed E-state index contributed by atoms with van der Waals surface area (Å²) in [4.78, 5) is 8.93. The molecule has 0 fully saturated rings. The summed E-state index contributed by atoms with van der Waals surface area (Å²) in [5, 5.41) is 11.2. The average Bonchev–Trinajstić information content (AvgIpc) is 3.08. The molecule has 4 nitrogen and oxygen atoms in total. The Balaban J connectivity index is 1.70. The Kier molecular flexibility index (Phi) is 4.60. The number of nitrogens with zero attached hydrogens (tertiary/aromatic N) is 2. The Hall–Kier alpha value is -2.82. The van der Waals surface area contributed by atoms with E-state index in [1.807, 2.05) is 31.2 Å². The number of para-hydroxylation sites is 1. The minimum atomic E-state index is 0.224. The number of aromatic hydroxyl groups is 1. The third-order valence-corrected chi connectivity index (χ3v) is 4.72. The predicted octanol–water partition coefficient (Wildman–Crippen LogP) is 6.57. The quantitative estimate of drug-likeness (QED) is 0.398. The van der Waals surface area contributed by atoms with Crippen molar-refractivity contribution in [3.8, 4) is 17.2 Å². The van der Waals surface area contributed by atoms with Gasteiger partial charge < -0.3 is 9.52 Å². The summed E-state index contributed by atoms with van der Waals surface area (Å²) in [6.45, 7) is 1.84. The molecule has 0 aliphatic heterocycles. The molecule has 1 N–H and O–H groups in total. The lowest BCUT2D eigenvalue weighted by Gasteiger charge is -2.01. The third kappa shape index (κ3) is 3.54. The van der Waals surface area contributed by atoms with Gasteiger partial charge >= 0.3 is 0 Å². The van der Waals surface area contributed by atoms with E-state index in [1.165, 1.54) is 0 Å². The van der Waals surface area contributed by atoms with E-state index >= 15 is 0 Å². The number of rotatable bonds is 3. The van der Waals surface area contributed by atoms with Crippen molar-refractivity contribution < 1.29 is 9.52 Å². The molecule has 27 heavy (non-hydrogen) atoms. The van der Waals surface area contributed by atoms with Gasteiger partial charge in [-0.25, -0.2) is 4.98 Å². The van der Waals surface area contributed by atoms with E-state index in [9.17, 15) is 5.11 Å². The second-order valence-electron chi connectivity index (χ2n) is 6.07. The molecule has 1 heterocycles. The van der Waals surface area contributed by atoms with Crippen LogP contribution in [-0.4, -0.2) is 16.3 Å². The number of phenolic OH excluding ortho intramolecular Hbond substituents is 1. The van der Waals surface area contributed by atoms with Crippen LogP contribution in [0.3, 0.4) is 0 Å². The van der Waals surface area contributed by atoms with E-state index < -0.39 is 0 Å². The third-order valence-electron chi connectivity index (χ3n) is 4.15. The van der Waals surface area contributed by atoms with Crippen LogP contribution in [0.15, 0.2) is 64.0 Å². The second-order valence-corrected chi connectivity index (χ2v) is 6.91. The number of hydrogen-bond acceptors (Lipinski definition) is 4. The standard InChI is InChI=1S/C21H14Cl2N2O2/c1-12-3-2-4-13(20(12)26)11-24-15-6-8-19-18(10-15)25-21(27-19)16-9-14(22)5-7-17(16)23/h2-11,26H,1H3. The lowest BCUT2D eigenvalue weighted by Crippen LogP contribution is -1.84. The Morgan fingerprint density at radius 2 is 1.93 bits per heavy atom. The summed E-state index contributed by atoms with van der Waals surface area (Å²) < 4.78 is 5.80. The van der Waals surface area contributed by atoms with Crippen molar-refractivity contribution in [1.29, 1.82) is 0 Å². The Bertz CT molecular complexity index is 1180. The van der Waals surface area contributed by atoms with Crippen LogP contribution in [-0.2, 0) is 0 Å². The van der Waals surface area contributed by atoms with Gasteiger partial charge in [-0.3, -0.25) is 4.99 Å². The first-order chi connectivity index (χ1) is 13.0. The van der Waals surface area contributed by atoms with Gasteiger partial charge in [-0.2, -0.15) is 0 Å². The summed E-state index contributed by atoms with van der Waals surface area (Å²) in [5.41, 5.74) is 4.06. The maximum atomic E-state index is 10.1. The zero-order chi connectivity index (χ0) is 19.0. The number of phenols is 1. The predicted molar refractivity (Wildman–Crippen MR) is 110 cm³/mol. The molecule has 0 atom stereocenters. The molecule has 4 aromatic rings. The number of aromatic nitrogens is 1. The molecule has 0 saturated carbocycles. The number of hydrogen-bond donors (Lipinski definition) is 1. The molecule has 4 rings (SSSR count). The molecule has 6 heteroatoms. The SMILES string of the molecule is Cc1cccc(C=Nc2ccc3oc(-c4cc(Cl)ccc4Cl)nc3c2)c1O. The highest BCUT2D eigenvalue weighted by Crippen LogP contribution is 2.33. The van der Waals surface area contributed by atoms with Gasteiger partial charge in [-0.05, 0) is 55.0 Å². The van der Waals surface area contributed by atoms with Gasteiger partial charge in [0.25, 0.3) is 0 Å². The fourth-order valence-corrected chi connectivity index (χ4v) is 3.07. The highest BCUT2D eigenvalue weighted by molar-refractivity contribution is 6.35. The average molecular weight is 397 g/mol. The topological polar surface area (TPSA) is 58.6 Å². The number of benzene rings is 3. The van der Waals surface area contributed by atoms with E-state index in [-0.39, 0.29) is 5.75 Å². The summed E-state index contributed by atoms with van der Waals surface area (Å²) >= 11 is 12.3. The minimum Gasteiger partial charge on any atom is -0.507 e. The molecule has 3 aromatic carbocycles. The van der Waals surface area contributed by atoms with Gasteiger partial charge in [0.2, 0.25) is 5.89 Å². The normalized spacial score (nSPS) is 11.5. The van der Waals surface area contributed by atoms with E-state index in [1.54, 1.807) is 36.5 Å². The van der Waals surface area contributed by atoms with E-state index in [0.717, 1.165) is 5.56 Å². The lowest BCUT2D eigenvalue weighted by molar-refractivity contribution is 0.470. The Labute approximate surface area is 165 Å². The first-order valence-electron chi connectivity index (χ1n) is 8.20. The molecule has 0 saturated heterocycles. The number of oxazole rings is 1. The first kappa shape index (κ1) is 17.6. The zero-order valence-corrected chi connectivity index (χ0v) is 15.8. The number of aliphatic imine (C=N–C) groups is 1. The first-order valence-corrected chi connectivity index (χ1v) is 8.95. The van der Waals surface area contributed by atoms with Crippen LogP contribution in [0.2, 0.25) is 10.0 Å². The fraction of sp³-hybridized carbons (Fsp3) is 0.0476. The van der Waals surface area contributed by atoms with Gasteiger partial charge in [-0.1, -0.05) is 35.3 Å². The number of aryl methyl sites for hydroxylation is 1. The van der Waals surface area contributed by atoms with Crippen LogP contribution >= 0.6 is 23.2 Å². The van der Waals surface area contributed by atoms with Gasteiger partial charge in [-0.15, -0.1) is 0 Å². The van der Waals surface area contributed by atoms with E-state index in [2.05, 4.69) is 9.98 Å². The van der Waals surface area contributed by atoms with Gasteiger partial charge in [0.15, 0.2) is 5.58 Å². The van der Waals surface area contributed by atoms with Crippen molar-refractivity contribution >= 4 is 46.2 Å². The summed E-state index contributed by atoms with van der Waals surface area (Å²) in [7, 11) is 0. The number of fused-ring (bicyclic) bond motifs is 1. The molecule has 0 aliphatic rings. The molecule has 0 aliphatic carbocycles. The molecule has 0 spiro atoms. The van der Waals surface area contributed by atoms with E-state index in [0.29, 0.717) is 43.9 Å². The van der Waals surface area contributed by atoms with Crippen LogP contribution in [0.1, 0.15) is 11.1 Å². The van der Waals surface area contributed by atoms with Crippen molar-refractivity contribution in [3.63, 3.8) is 0 Å². The zero-order valence-electron chi connectivity index (χ0n) is 14.3. The summed E-state index contributed by atoms with van der Waals surface area (Å²) in [6.07, 6.45) is 1.62. The molecule has 0 radical (unpaired) electrons. The highest BCUT2D eigenvalue weighted by atomic mass is 35.5. The van der Waals surface area contributed by atoms with Crippen LogP contribution in [0, 0.1) is 6.92 Å². The van der Waals surface area contributed by atoms with E-state index in [4.69, 9.17) is 27.6 Å². The maximum absolute atomic E-state index is 10.1. The lowest BCUT2D eigenvalue weighted by atomic mass is 10.1. The monoisotopic (exact) mass is 396 g/mol. The van der Waals surface area contributed by atoms with Crippen molar-refractivity contribution in [3.05, 3.63) is 75.8 Å². The smallest absolute Gasteiger partial charge is 0.228 e. The van der Waals surface area contributed by atoms with Crippen LogP contribution in [0.5, 0.6) is 5.75 Å². The van der Waals surface area contributed by atoms with Gasteiger partial charge in [0.05, 0.1) is 16.3 Å². The van der Waals surface area contributed by atoms with Gasteiger partial charge in [0.1, 0.15) is 11.3 Å². The molecule has 0 bridgehead atoms. The van der Waals surface area contributed by atoms with Crippen LogP contribution in [0.25, 0.3) is 22.6 Å². The summed E-state index contributed by atoms with van der Waals surface area (Å²) in [6, 6.07) is 16.1. The van der Waals surface area contributed by atoms with Crippen molar-refractivity contribution in [2.75, 3.05) is 0 Å². The van der Waals surface area contributed by atoms with Crippen molar-refractivity contribution in [2.45, 2.75) is 6.92 Å². The highest BCUT2D eigenvalue weighted by Gasteiger charge is 2.12. The Morgan fingerprint density at radius 1 is 1.07 bits per heavy atom. The maximum Gasteiger partial charge on any atom is 0.228 e. The van der Waals surface area contributed by atoms with Crippen molar-refractivity contribution in [1.82, 2.24) is 4.98 Å². The molecule has 1 aromatic heterocycles.